The molecule has 0 saturated carbocycles. The molecule has 0 bridgehead atoms. The van der Waals surface area contributed by atoms with E-state index in [1.54, 1.807) is 18.2 Å². The van der Waals surface area contributed by atoms with Crippen molar-refractivity contribution in [2.75, 3.05) is 23.7 Å². The van der Waals surface area contributed by atoms with Gasteiger partial charge >= 0.3 is 0 Å². The monoisotopic (exact) mass is 487 g/mol. The summed E-state index contributed by atoms with van der Waals surface area (Å²) in [6, 6.07) is 14.0. The third-order valence-electron chi connectivity index (χ3n) is 5.47. The van der Waals surface area contributed by atoms with Crippen molar-refractivity contribution in [2.24, 2.45) is 5.92 Å². The number of hydrogen-bond acceptors (Lipinski definition) is 4. The molecule has 0 saturated heterocycles. The second-order valence-corrected chi connectivity index (χ2v) is 11.1. The third-order valence-corrected chi connectivity index (χ3v) is 6.62. The Morgan fingerprint density at radius 3 is 2.15 bits per heavy atom. The van der Waals surface area contributed by atoms with Crippen LogP contribution in [0.2, 0.25) is 0 Å². The van der Waals surface area contributed by atoms with Crippen molar-refractivity contribution in [1.29, 1.82) is 0 Å². The minimum absolute atomic E-state index is 0.208. The van der Waals surface area contributed by atoms with Crippen LogP contribution in [0.25, 0.3) is 0 Å². The summed E-state index contributed by atoms with van der Waals surface area (Å²) < 4.78 is 26.4. The van der Waals surface area contributed by atoms with Crippen LogP contribution >= 0.6 is 0 Å². The van der Waals surface area contributed by atoms with Crippen LogP contribution in [-0.2, 0) is 26.2 Å². The number of carbonyl (C=O) groups is 2. The van der Waals surface area contributed by atoms with Gasteiger partial charge in [0.1, 0.15) is 12.6 Å². The highest BCUT2D eigenvalue weighted by Crippen LogP contribution is 2.21. The van der Waals surface area contributed by atoms with Gasteiger partial charge in [0, 0.05) is 13.1 Å². The van der Waals surface area contributed by atoms with E-state index in [9.17, 15) is 18.0 Å². The number of amides is 2. The van der Waals surface area contributed by atoms with E-state index in [1.165, 1.54) is 4.90 Å². The Hall–Kier alpha value is -2.87. The predicted octanol–water partition coefficient (Wildman–Crippen LogP) is 3.65. The van der Waals surface area contributed by atoms with Gasteiger partial charge in [-0.3, -0.25) is 13.9 Å². The van der Waals surface area contributed by atoms with Crippen molar-refractivity contribution < 1.29 is 18.0 Å². The number of hydrogen-bond donors (Lipinski definition) is 1. The summed E-state index contributed by atoms with van der Waals surface area (Å²) in [5, 5.41) is 2.92. The summed E-state index contributed by atoms with van der Waals surface area (Å²) in [5.74, 6) is -0.400. The molecule has 0 radical (unpaired) electrons. The van der Waals surface area contributed by atoms with E-state index >= 15 is 0 Å². The first kappa shape index (κ1) is 27.4. The number of aryl methyl sites for hydroxylation is 2. The Labute approximate surface area is 204 Å². The number of carbonyl (C=O) groups excluding carboxylic acids is 2. The van der Waals surface area contributed by atoms with Gasteiger partial charge in [-0.15, -0.1) is 0 Å². The van der Waals surface area contributed by atoms with E-state index in [4.69, 9.17) is 0 Å². The van der Waals surface area contributed by atoms with Crippen LogP contribution in [0, 0.1) is 19.8 Å². The zero-order valence-electron chi connectivity index (χ0n) is 21.0. The molecule has 0 aliphatic heterocycles. The average molecular weight is 488 g/mol. The fraction of sp³-hybridized carbons (Fsp3) is 0.462. The smallest absolute Gasteiger partial charge is 0.244 e. The van der Waals surface area contributed by atoms with E-state index in [0.717, 1.165) is 27.3 Å². The maximum Gasteiger partial charge on any atom is 0.244 e. The van der Waals surface area contributed by atoms with Crippen molar-refractivity contribution in [2.45, 2.75) is 53.6 Å². The van der Waals surface area contributed by atoms with Crippen LogP contribution in [0.15, 0.2) is 48.5 Å². The molecule has 0 aliphatic rings. The Bertz CT molecular complexity index is 1100. The second kappa shape index (κ2) is 12.0. The lowest BCUT2D eigenvalue weighted by Gasteiger charge is -2.33. The largest absolute Gasteiger partial charge is 0.354 e. The topological polar surface area (TPSA) is 86.8 Å². The van der Waals surface area contributed by atoms with Gasteiger partial charge in [0.2, 0.25) is 21.8 Å². The van der Waals surface area contributed by atoms with E-state index in [1.807, 2.05) is 65.0 Å². The Kier molecular flexibility index (Phi) is 9.67. The first-order valence-electron chi connectivity index (χ1n) is 11.6. The molecular weight excluding hydrogens is 450 g/mol. The lowest BCUT2D eigenvalue weighted by atomic mass is 10.1. The first-order chi connectivity index (χ1) is 15.9. The van der Waals surface area contributed by atoms with Crippen molar-refractivity contribution in [3.8, 4) is 0 Å². The van der Waals surface area contributed by atoms with Gasteiger partial charge < -0.3 is 10.2 Å². The van der Waals surface area contributed by atoms with Crippen molar-refractivity contribution in [3.63, 3.8) is 0 Å². The molecule has 1 atom stereocenters. The highest BCUT2D eigenvalue weighted by Gasteiger charge is 2.31. The van der Waals surface area contributed by atoms with Crippen LogP contribution in [0.5, 0.6) is 0 Å². The molecule has 2 amide bonds. The number of rotatable bonds is 11. The van der Waals surface area contributed by atoms with Gasteiger partial charge in [-0.05, 0) is 49.4 Å². The average Bonchev–Trinajstić information content (AvgIpc) is 2.75. The quantitative estimate of drug-likeness (QED) is 0.524. The highest BCUT2D eigenvalue weighted by molar-refractivity contribution is 7.92. The van der Waals surface area contributed by atoms with Crippen molar-refractivity contribution in [3.05, 3.63) is 65.2 Å². The van der Waals surface area contributed by atoms with Gasteiger partial charge in [-0.2, -0.15) is 0 Å². The zero-order chi connectivity index (χ0) is 25.5. The van der Waals surface area contributed by atoms with Crippen LogP contribution in [0.3, 0.4) is 0 Å². The molecule has 2 rings (SSSR count). The normalized spacial score (nSPS) is 12.3. The summed E-state index contributed by atoms with van der Waals surface area (Å²) >= 11 is 0. The maximum atomic E-state index is 13.6. The minimum Gasteiger partial charge on any atom is -0.354 e. The molecule has 0 aliphatic carbocycles. The molecular formula is C26H37N3O4S. The highest BCUT2D eigenvalue weighted by atomic mass is 32.2. The van der Waals surface area contributed by atoms with Crippen LogP contribution in [0.1, 0.15) is 43.9 Å². The number of nitrogens with one attached hydrogen (secondary N) is 1. The molecule has 0 aromatic heterocycles. The van der Waals surface area contributed by atoms with Gasteiger partial charge in [0.05, 0.1) is 11.9 Å². The van der Waals surface area contributed by atoms with Gasteiger partial charge in [0.25, 0.3) is 0 Å². The SMILES string of the molecule is CCC(C(=O)NCC(C)C)N(Cc1cccc(C)c1)C(=O)CN(c1cccc(C)c1)S(C)(=O)=O. The summed E-state index contributed by atoms with van der Waals surface area (Å²) in [6.45, 7) is 10.0. The first-order valence-corrected chi connectivity index (χ1v) is 13.4. The Balaban J connectivity index is 2.42. The summed E-state index contributed by atoms with van der Waals surface area (Å²) in [6.07, 6.45) is 1.49. The Morgan fingerprint density at radius 2 is 1.62 bits per heavy atom. The van der Waals surface area contributed by atoms with Crippen LogP contribution in [-0.4, -0.2) is 50.5 Å². The number of nitrogens with zero attached hydrogens (tertiary/aromatic N) is 2. The molecule has 7 nitrogen and oxygen atoms in total. The van der Waals surface area contributed by atoms with E-state index < -0.39 is 22.0 Å². The summed E-state index contributed by atoms with van der Waals surface area (Å²) in [4.78, 5) is 28.2. The van der Waals surface area contributed by atoms with E-state index in [-0.39, 0.29) is 24.9 Å². The van der Waals surface area contributed by atoms with Gasteiger partial charge in [0.15, 0.2) is 0 Å². The lowest BCUT2D eigenvalue weighted by Crippen LogP contribution is -2.52. The molecule has 0 fully saturated rings. The standard InChI is InChI=1S/C26H37N3O4S/c1-7-24(26(31)27-16-19(2)3)28(17-22-12-8-10-20(4)14-22)25(30)18-29(34(6,32)33)23-13-9-11-21(5)15-23/h8-15,19,24H,7,16-18H2,1-6H3,(H,27,31). The zero-order valence-corrected chi connectivity index (χ0v) is 21.9. The van der Waals surface area contributed by atoms with Crippen molar-refractivity contribution in [1.82, 2.24) is 10.2 Å². The van der Waals surface area contributed by atoms with E-state index in [0.29, 0.717) is 18.7 Å². The fourth-order valence-electron chi connectivity index (χ4n) is 3.75. The summed E-state index contributed by atoms with van der Waals surface area (Å²) in [7, 11) is -3.73. The fourth-order valence-corrected chi connectivity index (χ4v) is 4.59. The molecule has 1 unspecified atom stereocenters. The molecule has 8 heteroatoms. The molecule has 2 aromatic carbocycles. The molecule has 0 spiro atoms. The molecule has 34 heavy (non-hydrogen) atoms. The molecule has 2 aromatic rings. The summed E-state index contributed by atoms with van der Waals surface area (Å²) in [5.41, 5.74) is 3.23. The Morgan fingerprint density at radius 1 is 1.00 bits per heavy atom. The van der Waals surface area contributed by atoms with Crippen molar-refractivity contribution >= 4 is 27.5 Å². The lowest BCUT2D eigenvalue weighted by molar-refractivity contribution is -0.140. The van der Waals surface area contributed by atoms with Crippen LogP contribution in [0.4, 0.5) is 5.69 Å². The molecule has 1 N–H and O–H groups in total. The maximum absolute atomic E-state index is 13.6. The van der Waals surface area contributed by atoms with E-state index in [2.05, 4.69) is 5.32 Å². The number of anilines is 1. The number of benzene rings is 2. The predicted molar refractivity (Wildman–Crippen MR) is 137 cm³/mol. The van der Waals surface area contributed by atoms with Gasteiger partial charge in [-0.1, -0.05) is 62.7 Å². The molecule has 186 valence electrons. The van der Waals surface area contributed by atoms with Gasteiger partial charge in [-0.25, -0.2) is 8.42 Å². The molecule has 0 heterocycles. The number of sulfonamides is 1. The van der Waals surface area contributed by atoms with Crippen LogP contribution < -0.4 is 9.62 Å². The third kappa shape index (κ3) is 7.87. The second-order valence-electron chi connectivity index (χ2n) is 9.18. The minimum atomic E-state index is -3.73.